The van der Waals surface area contributed by atoms with Crippen molar-refractivity contribution in [3.8, 4) is 0 Å². The van der Waals surface area contributed by atoms with Crippen LogP contribution in [-0.2, 0) is 48.2 Å². The third-order valence-corrected chi connectivity index (χ3v) is 8.92. The number of anilines is 2. The van der Waals surface area contributed by atoms with Gasteiger partial charge in [0, 0.05) is 41.4 Å². The number of alkyl carbamates (subject to hydrolysis) is 2. The topological polar surface area (TPSA) is 238 Å². The Morgan fingerprint density at radius 1 is 0.700 bits per heavy atom. The van der Waals surface area contributed by atoms with Crippen molar-refractivity contribution in [1.29, 1.82) is 0 Å². The van der Waals surface area contributed by atoms with Gasteiger partial charge in [0.2, 0.25) is 17.7 Å². The van der Waals surface area contributed by atoms with E-state index in [-0.39, 0.29) is 45.8 Å². The van der Waals surface area contributed by atoms with Crippen molar-refractivity contribution in [2.45, 2.75) is 63.9 Å². The maximum absolute atomic E-state index is 14.1. The first kappa shape index (κ1) is 45.6. The molecule has 0 unspecified atom stereocenters. The number of carbonyl (C=O) groups excluding carboxylic acids is 6. The minimum atomic E-state index is -1.18. The first-order valence-corrected chi connectivity index (χ1v) is 19.2. The van der Waals surface area contributed by atoms with Crippen molar-refractivity contribution < 1.29 is 48.1 Å². The Labute approximate surface area is 347 Å². The molecule has 4 rings (SSSR count). The molecular weight excluding hydrogens is 775 g/mol. The van der Waals surface area contributed by atoms with Crippen LogP contribution in [0, 0.1) is 0 Å². The average Bonchev–Trinajstić information content (AvgIpc) is 3.66. The van der Waals surface area contributed by atoms with Gasteiger partial charge in [-0.15, -0.1) is 0 Å². The van der Waals surface area contributed by atoms with Gasteiger partial charge in [0.1, 0.15) is 37.9 Å². The highest BCUT2D eigenvalue weighted by Crippen LogP contribution is 2.20. The van der Waals surface area contributed by atoms with Gasteiger partial charge in [-0.2, -0.15) is 0 Å². The number of H-pyrrole nitrogens is 1. The number of hydrogen-bond acceptors (Lipinski definition) is 10. The summed E-state index contributed by atoms with van der Waals surface area (Å²) in [6, 6.07) is 17.3. The monoisotopic (exact) mass is 825 g/mol. The normalized spacial score (nSPS) is 12.1. The molecule has 0 bridgehead atoms. The van der Waals surface area contributed by atoms with Crippen molar-refractivity contribution in [3.63, 3.8) is 0 Å². The van der Waals surface area contributed by atoms with Gasteiger partial charge < -0.3 is 50.9 Å². The van der Waals surface area contributed by atoms with E-state index < -0.39 is 54.1 Å². The van der Waals surface area contributed by atoms with E-state index in [4.69, 9.17) is 14.2 Å². The van der Waals surface area contributed by atoms with Crippen LogP contribution in [-0.4, -0.2) is 84.0 Å². The predicted octanol–water partition coefficient (Wildman–Crippen LogP) is 4.94. The molecule has 17 heteroatoms. The number of unbranched alkanes of at least 4 members (excludes halogenated alkanes) is 1. The fraction of sp³-hybridized carbons (Fsp3) is 0.302. The third-order valence-electron chi connectivity index (χ3n) is 8.92. The van der Waals surface area contributed by atoms with Gasteiger partial charge in [0.25, 0.3) is 0 Å². The molecular formula is C43H51N7O10. The van der Waals surface area contributed by atoms with Crippen molar-refractivity contribution >= 4 is 58.3 Å². The summed E-state index contributed by atoms with van der Waals surface area (Å²) in [7, 11) is 0. The summed E-state index contributed by atoms with van der Waals surface area (Å²) in [6.07, 6.45) is 3.46. The van der Waals surface area contributed by atoms with Crippen molar-refractivity contribution in [3.05, 3.63) is 121 Å². The number of nitrogens with one attached hydrogen (secondary N) is 7. The molecule has 0 spiro atoms. The lowest BCUT2D eigenvalue weighted by atomic mass is 10.0. The van der Waals surface area contributed by atoms with Gasteiger partial charge in [-0.05, 0) is 73.2 Å². The smallest absolute Gasteiger partial charge is 0.411 e. The SMILES string of the molecule is C=CCOC(=O)NCCCC[C@H](NC(=O)[C@H](Cc1c[nH]c2ccccc12)NC(=O)[C@@H](C)NC(=O)OCC=C)C(=O)Nc1ccc(COC(=O)Nc2ccc(CO)cc2)cc1. The molecule has 17 nitrogen and oxygen atoms in total. The number of ether oxygens (including phenoxy) is 3. The highest BCUT2D eigenvalue weighted by atomic mass is 16.6. The van der Waals surface area contributed by atoms with Crippen LogP contribution in [0.3, 0.4) is 0 Å². The largest absolute Gasteiger partial charge is 0.445 e. The molecule has 3 aromatic carbocycles. The number of aromatic nitrogens is 1. The van der Waals surface area contributed by atoms with Gasteiger partial charge >= 0.3 is 18.3 Å². The molecule has 318 valence electrons. The molecule has 0 aliphatic carbocycles. The number of amides is 6. The number of aliphatic hydroxyl groups excluding tert-OH is 1. The number of aromatic amines is 1. The quantitative estimate of drug-likeness (QED) is 0.0302. The van der Waals surface area contributed by atoms with Gasteiger partial charge in [-0.1, -0.05) is 67.8 Å². The summed E-state index contributed by atoms with van der Waals surface area (Å²) in [5.74, 6) is -1.87. The molecule has 0 saturated carbocycles. The molecule has 3 atom stereocenters. The van der Waals surface area contributed by atoms with Crippen LogP contribution in [0.15, 0.2) is 104 Å². The number of para-hydroxylation sites is 1. The third kappa shape index (κ3) is 15.0. The van der Waals surface area contributed by atoms with Crippen LogP contribution in [0.4, 0.5) is 25.8 Å². The van der Waals surface area contributed by atoms with E-state index in [1.165, 1.54) is 19.1 Å². The van der Waals surface area contributed by atoms with E-state index in [2.05, 4.69) is 50.0 Å². The van der Waals surface area contributed by atoms with Crippen LogP contribution in [0.2, 0.25) is 0 Å². The molecule has 0 saturated heterocycles. The van der Waals surface area contributed by atoms with Crippen LogP contribution in [0.1, 0.15) is 42.9 Å². The molecule has 8 N–H and O–H groups in total. The minimum Gasteiger partial charge on any atom is -0.445 e. The summed E-state index contributed by atoms with van der Waals surface area (Å²) < 4.78 is 15.2. The lowest BCUT2D eigenvalue weighted by molar-refractivity contribution is -0.131. The highest BCUT2D eigenvalue weighted by molar-refractivity contribution is 5.99. The zero-order valence-corrected chi connectivity index (χ0v) is 33.3. The molecule has 0 fully saturated rings. The number of benzene rings is 3. The van der Waals surface area contributed by atoms with Gasteiger partial charge in [-0.3, -0.25) is 19.7 Å². The predicted molar refractivity (Wildman–Crippen MR) is 225 cm³/mol. The van der Waals surface area contributed by atoms with E-state index >= 15 is 0 Å². The van der Waals surface area contributed by atoms with Crippen molar-refractivity contribution in [1.82, 2.24) is 26.3 Å². The van der Waals surface area contributed by atoms with Crippen LogP contribution >= 0.6 is 0 Å². The molecule has 1 heterocycles. The first-order chi connectivity index (χ1) is 29.0. The van der Waals surface area contributed by atoms with E-state index in [1.54, 1.807) is 54.7 Å². The van der Waals surface area contributed by atoms with E-state index in [0.29, 0.717) is 35.3 Å². The Bertz CT molecular complexity index is 2090. The standard InChI is InChI=1S/C43H51N7O10/c1-4-22-58-41(55)44-21-9-8-12-36(39(53)47-32-19-15-30(16-20-32)27-60-43(57)48-33-17-13-29(26-51)14-18-33)49-40(54)37(24-31-25-45-35-11-7-6-10-34(31)35)50-38(52)28(3)46-42(56)59-23-5-2/h4-7,10-11,13-20,25,28,36-37,45,51H,1-2,8-9,12,21-24,26-27H2,3H3,(H,44,55)(H,46,56)(H,47,53)(H,48,57)(H,49,54)(H,50,52)/t28-,36+,37+/m1/s1. The van der Waals surface area contributed by atoms with E-state index in [1.807, 2.05) is 24.3 Å². The average molecular weight is 826 g/mol. The zero-order chi connectivity index (χ0) is 43.3. The zero-order valence-electron chi connectivity index (χ0n) is 33.3. The molecule has 0 aliphatic heterocycles. The summed E-state index contributed by atoms with van der Waals surface area (Å²) in [4.78, 5) is 80.8. The summed E-state index contributed by atoms with van der Waals surface area (Å²) in [5.41, 5.74) is 3.78. The molecule has 6 amide bonds. The summed E-state index contributed by atoms with van der Waals surface area (Å²) >= 11 is 0. The van der Waals surface area contributed by atoms with E-state index in [9.17, 15) is 33.9 Å². The number of carbonyl (C=O) groups is 6. The second-order valence-electron chi connectivity index (χ2n) is 13.5. The highest BCUT2D eigenvalue weighted by Gasteiger charge is 2.29. The minimum absolute atomic E-state index is 0.0395. The Balaban J connectivity index is 1.45. The molecule has 60 heavy (non-hydrogen) atoms. The van der Waals surface area contributed by atoms with Gasteiger partial charge in [0.15, 0.2) is 0 Å². The fourth-order valence-electron chi connectivity index (χ4n) is 5.75. The van der Waals surface area contributed by atoms with Crippen LogP contribution in [0.25, 0.3) is 10.9 Å². The summed E-state index contributed by atoms with van der Waals surface area (Å²) in [6.45, 7) is 8.49. The first-order valence-electron chi connectivity index (χ1n) is 19.2. The summed E-state index contributed by atoms with van der Waals surface area (Å²) in [5, 5.41) is 26.0. The second-order valence-corrected chi connectivity index (χ2v) is 13.5. The van der Waals surface area contributed by atoms with Gasteiger partial charge in [-0.25, -0.2) is 14.4 Å². The Kier molecular flexibility index (Phi) is 18.2. The van der Waals surface area contributed by atoms with E-state index in [0.717, 1.165) is 16.5 Å². The van der Waals surface area contributed by atoms with Crippen molar-refractivity contribution in [2.75, 3.05) is 30.4 Å². The Morgan fingerprint density at radius 2 is 1.33 bits per heavy atom. The maximum atomic E-state index is 14.1. The lowest BCUT2D eigenvalue weighted by Crippen LogP contribution is -2.56. The molecule has 0 aliphatic rings. The molecule has 1 aromatic heterocycles. The van der Waals surface area contributed by atoms with Gasteiger partial charge in [0.05, 0.1) is 6.61 Å². The Hall–Kier alpha value is -7.14. The fourth-order valence-corrected chi connectivity index (χ4v) is 5.75. The lowest BCUT2D eigenvalue weighted by Gasteiger charge is -2.24. The number of rotatable bonds is 22. The number of hydrogen-bond donors (Lipinski definition) is 8. The molecule has 0 radical (unpaired) electrons. The Morgan fingerprint density at radius 3 is 2.02 bits per heavy atom. The second kappa shape index (κ2) is 23.9. The van der Waals surface area contributed by atoms with Crippen LogP contribution in [0.5, 0.6) is 0 Å². The maximum Gasteiger partial charge on any atom is 0.411 e. The number of fused-ring (bicyclic) bond motifs is 1. The van der Waals surface area contributed by atoms with Crippen molar-refractivity contribution in [2.24, 2.45) is 0 Å². The van der Waals surface area contributed by atoms with Crippen LogP contribution < -0.4 is 31.9 Å². The number of aliphatic hydroxyl groups is 1. The molecule has 4 aromatic rings.